The Balaban J connectivity index is 2.54. The van der Waals surface area contributed by atoms with Gasteiger partial charge in [-0.1, -0.05) is 17.7 Å². The quantitative estimate of drug-likeness (QED) is 0.797. The van der Waals surface area contributed by atoms with Crippen LogP contribution in [-0.4, -0.2) is 10.2 Å². The molecule has 0 fully saturated rings. The number of hydrogen-bond acceptors (Lipinski definition) is 3. The van der Waals surface area contributed by atoms with Crippen LogP contribution in [0.4, 0.5) is 10.1 Å². The van der Waals surface area contributed by atoms with Gasteiger partial charge >= 0.3 is 0 Å². The second-order valence-corrected chi connectivity index (χ2v) is 3.57. The van der Waals surface area contributed by atoms with Crippen molar-refractivity contribution in [3.63, 3.8) is 0 Å². The van der Waals surface area contributed by atoms with Gasteiger partial charge in [0, 0.05) is 5.56 Å². The van der Waals surface area contributed by atoms with E-state index >= 15 is 0 Å². The molecule has 6 heteroatoms. The number of nitrogens with zero attached hydrogens (tertiary/aromatic N) is 1. The lowest BCUT2D eigenvalue weighted by molar-refractivity contribution is 0.628. The van der Waals surface area contributed by atoms with Crippen molar-refractivity contribution in [2.75, 3.05) is 5.73 Å². The molecule has 4 nitrogen and oxygen atoms in total. The van der Waals surface area contributed by atoms with E-state index < -0.39 is 11.4 Å². The van der Waals surface area contributed by atoms with Gasteiger partial charge in [-0.25, -0.2) is 9.49 Å². The maximum Gasteiger partial charge on any atom is 0.287 e. The van der Waals surface area contributed by atoms with E-state index in [4.69, 9.17) is 17.3 Å². The van der Waals surface area contributed by atoms with Crippen LogP contribution in [0, 0.1) is 5.82 Å². The van der Waals surface area contributed by atoms with Crippen LogP contribution in [0.3, 0.4) is 0 Å². The van der Waals surface area contributed by atoms with E-state index in [1.807, 2.05) is 0 Å². The average Bonchev–Trinajstić information content (AvgIpc) is 2.26. The number of nitrogen functional groups attached to an aromatic ring is 1. The molecule has 0 saturated heterocycles. The van der Waals surface area contributed by atoms with Gasteiger partial charge in [-0.15, -0.1) is 0 Å². The number of nitrogens with one attached hydrogen (secondary N) is 1. The van der Waals surface area contributed by atoms with Crippen molar-refractivity contribution < 1.29 is 4.39 Å². The Kier molecular flexibility index (Phi) is 2.62. The van der Waals surface area contributed by atoms with Gasteiger partial charge in [0.1, 0.15) is 11.5 Å². The molecule has 1 aromatic heterocycles. The average molecular weight is 240 g/mol. The summed E-state index contributed by atoms with van der Waals surface area (Å²) < 4.78 is 13.2. The number of aromatic nitrogens is 2. The van der Waals surface area contributed by atoms with Crippen molar-refractivity contribution in [2.24, 2.45) is 0 Å². The van der Waals surface area contributed by atoms with Crippen molar-refractivity contribution >= 4 is 17.3 Å². The molecule has 1 heterocycles. The highest BCUT2D eigenvalue weighted by molar-refractivity contribution is 6.30. The standard InChI is InChI=1S/C10H7ClFN3O/c11-6-2-1-5(3-7(6)12)9-4-8(13)10(16)15-14-9/h1-4H,(H2,13,14)(H,15,16). The van der Waals surface area contributed by atoms with E-state index in [-0.39, 0.29) is 10.7 Å². The third-order valence-electron chi connectivity index (χ3n) is 2.05. The summed E-state index contributed by atoms with van der Waals surface area (Å²) in [5.74, 6) is -0.550. The predicted molar refractivity (Wildman–Crippen MR) is 59.7 cm³/mol. The maximum absolute atomic E-state index is 13.2. The third kappa shape index (κ3) is 1.90. The molecule has 0 aliphatic rings. The highest BCUT2D eigenvalue weighted by atomic mass is 35.5. The van der Waals surface area contributed by atoms with Gasteiger partial charge in [0.15, 0.2) is 0 Å². The molecule has 0 unspecified atom stereocenters. The van der Waals surface area contributed by atoms with Crippen molar-refractivity contribution in [1.29, 1.82) is 0 Å². The Morgan fingerprint density at radius 2 is 2.12 bits per heavy atom. The molecule has 3 N–H and O–H groups in total. The largest absolute Gasteiger partial charge is 0.394 e. The van der Waals surface area contributed by atoms with Crippen molar-refractivity contribution in [3.8, 4) is 11.3 Å². The number of H-pyrrole nitrogens is 1. The number of aromatic amines is 1. The molecule has 0 aliphatic carbocycles. The molecule has 0 amide bonds. The smallest absolute Gasteiger partial charge is 0.287 e. The Bertz CT molecular complexity index is 597. The maximum atomic E-state index is 13.2. The summed E-state index contributed by atoms with van der Waals surface area (Å²) in [5, 5.41) is 6.00. The first kappa shape index (κ1) is 10.6. The van der Waals surface area contributed by atoms with Gasteiger partial charge in [0.05, 0.1) is 10.7 Å². The number of halogens is 2. The summed E-state index contributed by atoms with van der Waals surface area (Å²) in [6, 6.07) is 5.60. The van der Waals surface area contributed by atoms with Gasteiger partial charge in [-0.2, -0.15) is 5.10 Å². The van der Waals surface area contributed by atoms with E-state index in [2.05, 4.69) is 10.2 Å². The Morgan fingerprint density at radius 1 is 1.38 bits per heavy atom. The highest BCUT2D eigenvalue weighted by Crippen LogP contribution is 2.22. The molecule has 0 atom stereocenters. The zero-order valence-electron chi connectivity index (χ0n) is 8.00. The summed E-state index contributed by atoms with van der Waals surface area (Å²) in [5.41, 5.74) is 5.85. The molecule has 0 aliphatic heterocycles. The van der Waals surface area contributed by atoms with Crippen LogP contribution in [-0.2, 0) is 0 Å². The lowest BCUT2D eigenvalue weighted by Crippen LogP contribution is -2.13. The molecule has 0 bridgehead atoms. The fraction of sp³-hybridized carbons (Fsp3) is 0. The first-order chi connectivity index (χ1) is 7.58. The molecule has 2 aromatic rings. The number of nitrogens with two attached hydrogens (primary N) is 1. The molecular weight excluding hydrogens is 233 g/mol. The minimum Gasteiger partial charge on any atom is -0.394 e. The van der Waals surface area contributed by atoms with Gasteiger partial charge in [0.2, 0.25) is 0 Å². The fourth-order valence-electron chi connectivity index (χ4n) is 1.22. The lowest BCUT2D eigenvalue weighted by Gasteiger charge is -2.02. The van der Waals surface area contributed by atoms with Crippen LogP contribution < -0.4 is 11.3 Å². The van der Waals surface area contributed by atoms with Gasteiger partial charge < -0.3 is 5.73 Å². The summed E-state index contributed by atoms with van der Waals surface area (Å²) in [7, 11) is 0. The zero-order chi connectivity index (χ0) is 11.7. The molecule has 0 saturated carbocycles. The second kappa shape index (κ2) is 3.94. The van der Waals surface area contributed by atoms with Crippen LogP contribution in [0.2, 0.25) is 5.02 Å². The number of hydrogen-bond donors (Lipinski definition) is 2. The molecule has 1 aromatic carbocycles. The molecular formula is C10H7ClFN3O. The first-order valence-corrected chi connectivity index (χ1v) is 4.76. The Labute approximate surface area is 94.9 Å². The normalized spacial score (nSPS) is 10.4. The predicted octanol–water partition coefficient (Wildman–Crippen LogP) is 1.81. The van der Waals surface area contributed by atoms with E-state index in [0.29, 0.717) is 11.3 Å². The molecule has 0 radical (unpaired) electrons. The number of rotatable bonds is 1. The summed E-state index contributed by atoms with van der Waals surface area (Å²) >= 11 is 5.55. The van der Waals surface area contributed by atoms with Gasteiger partial charge in [0.25, 0.3) is 5.56 Å². The zero-order valence-corrected chi connectivity index (χ0v) is 8.75. The van der Waals surface area contributed by atoms with Crippen LogP contribution in [0.1, 0.15) is 0 Å². The van der Waals surface area contributed by atoms with Crippen molar-refractivity contribution in [2.45, 2.75) is 0 Å². The SMILES string of the molecule is Nc1cc(-c2ccc(Cl)c(F)c2)n[nH]c1=O. The Hall–Kier alpha value is -1.88. The summed E-state index contributed by atoms with van der Waals surface area (Å²) in [6.07, 6.45) is 0. The van der Waals surface area contributed by atoms with E-state index in [0.717, 1.165) is 0 Å². The number of benzene rings is 1. The van der Waals surface area contributed by atoms with Crippen LogP contribution >= 0.6 is 11.6 Å². The molecule has 82 valence electrons. The van der Waals surface area contributed by atoms with E-state index in [1.54, 1.807) is 6.07 Å². The van der Waals surface area contributed by atoms with E-state index in [1.165, 1.54) is 18.2 Å². The molecule has 0 spiro atoms. The Morgan fingerprint density at radius 3 is 2.75 bits per heavy atom. The van der Waals surface area contributed by atoms with Gasteiger partial charge in [-0.3, -0.25) is 4.79 Å². The van der Waals surface area contributed by atoms with Crippen LogP contribution in [0.5, 0.6) is 0 Å². The molecule has 16 heavy (non-hydrogen) atoms. The summed E-state index contributed by atoms with van der Waals surface area (Å²) in [4.78, 5) is 11.0. The topological polar surface area (TPSA) is 71.8 Å². The number of anilines is 1. The molecule has 2 rings (SSSR count). The highest BCUT2D eigenvalue weighted by Gasteiger charge is 2.06. The second-order valence-electron chi connectivity index (χ2n) is 3.17. The summed E-state index contributed by atoms with van der Waals surface area (Å²) in [6.45, 7) is 0. The monoisotopic (exact) mass is 239 g/mol. The lowest BCUT2D eigenvalue weighted by atomic mass is 10.1. The van der Waals surface area contributed by atoms with Crippen LogP contribution in [0.25, 0.3) is 11.3 Å². The van der Waals surface area contributed by atoms with E-state index in [9.17, 15) is 9.18 Å². The van der Waals surface area contributed by atoms with Crippen molar-refractivity contribution in [3.05, 3.63) is 45.5 Å². The van der Waals surface area contributed by atoms with Gasteiger partial charge in [-0.05, 0) is 18.2 Å². The minimum absolute atomic E-state index is 0.0281. The van der Waals surface area contributed by atoms with Crippen LogP contribution in [0.15, 0.2) is 29.1 Å². The minimum atomic E-state index is -0.550. The fourth-order valence-corrected chi connectivity index (χ4v) is 1.34. The van der Waals surface area contributed by atoms with Crippen molar-refractivity contribution in [1.82, 2.24) is 10.2 Å². The third-order valence-corrected chi connectivity index (χ3v) is 2.35. The first-order valence-electron chi connectivity index (χ1n) is 4.38.